The molecule has 0 unspecified atom stereocenters. The second kappa shape index (κ2) is 6.15. The van der Waals surface area contributed by atoms with E-state index >= 15 is 0 Å². The molecule has 0 aromatic carbocycles. The Balaban J connectivity index is 1.87. The molecule has 0 bridgehead atoms. The van der Waals surface area contributed by atoms with Gasteiger partial charge in [-0.1, -0.05) is 27.2 Å². The Morgan fingerprint density at radius 1 is 1.05 bits per heavy atom. The fourth-order valence-corrected chi connectivity index (χ4v) is 3.25. The summed E-state index contributed by atoms with van der Waals surface area (Å²) >= 11 is 0. The molecular formula is C16H26O4. The molecule has 0 radical (unpaired) electrons. The predicted molar refractivity (Wildman–Crippen MR) is 74.9 cm³/mol. The van der Waals surface area contributed by atoms with E-state index in [1.165, 1.54) is 13.3 Å². The van der Waals surface area contributed by atoms with Crippen LogP contribution >= 0.6 is 0 Å². The van der Waals surface area contributed by atoms with E-state index in [0.29, 0.717) is 24.2 Å². The van der Waals surface area contributed by atoms with Crippen LogP contribution in [0.3, 0.4) is 0 Å². The summed E-state index contributed by atoms with van der Waals surface area (Å²) in [6.45, 7) is 7.98. The van der Waals surface area contributed by atoms with Gasteiger partial charge in [0.25, 0.3) is 0 Å². The standard InChI is InChI=1S/C16H26O4/c1-9(2)12-6-5-10(3)7-14(12)20-16(18)13-8-15(13)19-11(4)17/h9-10,12-15H,5-8H2,1-4H3/t10-,12+,13-,14-,15-/m0/s1. The smallest absolute Gasteiger partial charge is 0.313 e. The Kier molecular flexibility index (Phi) is 4.71. The zero-order valence-electron chi connectivity index (χ0n) is 12.9. The summed E-state index contributed by atoms with van der Waals surface area (Å²) in [7, 11) is 0. The molecule has 0 amide bonds. The summed E-state index contributed by atoms with van der Waals surface area (Å²) < 4.78 is 10.8. The van der Waals surface area contributed by atoms with Crippen molar-refractivity contribution in [1.82, 2.24) is 0 Å². The molecule has 2 fully saturated rings. The first-order chi connectivity index (χ1) is 9.38. The number of hydrogen-bond donors (Lipinski definition) is 0. The first-order valence-corrected chi connectivity index (χ1v) is 7.76. The molecule has 2 rings (SSSR count). The maximum atomic E-state index is 12.1. The minimum Gasteiger partial charge on any atom is -0.462 e. The van der Waals surface area contributed by atoms with Gasteiger partial charge in [0.1, 0.15) is 12.2 Å². The van der Waals surface area contributed by atoms with Crippen LogP contribution in [0, 0.1) is 23.7 Å². The first-order valence-electron chi connectivity index (χ1n) is 7.76. The van der Waals surface area contributed by atoms with Gasteiger partial charge in [-0.25, -0.2) is 0 Å². The summed E-state index contributed by atoms with van der Waals surface area (Å²) in [5, 5.41) is 0. The number of rotatable bonds is 4. The van der Waals surface area contributed by atoms with Crippen molar-refractivity contribution in [3.8, 4) is 0 Å². The first kappa shape index (κ1) is 15.3. The molecule has 0 N–H and O–H groups in total. The lowest BCUT2D eigenvalue weighted by atomic mass is 9.75. The summed E-state index contributed by atoms with van der Waals surface area (Å²) in [5.41, 5.74) is 0. The Morgan fingerprint density at radius 3 is 2.35 bits per heavy atom. The normalized spacial score (nSPS) is 36.5. The van der Waals surface area contributed by atoms with E-state index < -0.39 is 0 Å². The molecular weight excluding hydrogens is 256 g/mol. The van der Waals surface area contributed by atoms with Gasteiger partial charge in [-0.2, -0.15) is 0 Å². The lowest BCUT2D eigenvalue weighted by Crippen LogP contribution is -2.36. The molecule has 0 heterocycles. The van der Waals surface area contributed by atoms with Crippen LogP contribution in [0.2, 0.25) is 0 Å². The van der Waals surface area contributed by atoms with Crippen LogP contribution < -0.4 is 0 Å². The van der Waals surface area contributed by atoms with Crippen molar-refractivity contribution in [3.05, 3.63) is 0 Å². The molecule has 0 aliphatic heterocycles. The Morgan fingerprint density at radius 2 is 1.75 bits per heavy atom. The van der Waals surface area contributed by atoms with E-state index in [2.05, 4.69) is 20.8 Å². The van der Waals surface area contributed by atoms with Crippen molar-refractivity contribution in [2.45, 2.75) is 65.6 Å². The van der Waals surface area contributed by atoms with Crippen LogP contribution in [-0.2, 0) is 19.1 Å². The van der Waals surface area contributed by atoms with Crippen LogP contribution in [0.25, 0.3) is 0 Å². The summed E-state index contributed by atoms with van der Waals surface area (Å²) in [4.78, 5) is 23.0. The third-order valence-corrected chi connectivity index (χ3v) is 4.58. The van der Waals surface area contributed by atoms with Crippen molar-refractivity contribution in [1.29, 1.82) is 0 Å². The zero-order valence-corrected chi connectivity index (χ0v) is 12.9. The zero-order chi connectivity index (χ0) is 14.9. The number of esters is 2. The molecule has 0 spiro atoms. The minimum absolute atomic E-state index is 0.0322. The largest absolute Gasteiger partial charge is 0.462 e. The predicted octanol–water partition coefficient (Wildman–Crippen LogP) is 2.94. The number of hydrogen-bond acceptors (Lipinski definition) is 4. The van der Waals surface area contributed by atoms with E-state index in [1.54, 1.807) is 0 Å². The third kappa shape index (κ3) is 3.74. The van der Waals surface area contributed by atoms with E-state index in [-0.39, 0.29) is 30.1 Å². The van der Waals surface area contributed by atoms with Gasteiger partial charge in [-0.3, -0.25) is 9.59 Å². The lowest BCUT2D eigenvalue weighted by Gasteiger charge is -2.36. The van der Waals surface area contributed by atoms with Gasteiger partial charge in [0.2, 0.25) is 0 Å². The van der Waals surface area contributed by atoms with Gasteiger partial charge in [0, 0.05) is 13.3 Å². The van der Waals surface area contributed by atoms with Gasteiger partial charge < -0.3 is 9.47 Å². The van der Waals surface area contributed by atoms with Crippen molar-refractivity contribution in [3.63, 3.8) is 0 Å². The van der Waals surface area contributed by atoms with Crippen LogP contribution in [0.5, 0.6) is 0 Å². The maximum absolute atomic E-state index is 12.1. The highest BCUT2D eigenvalue weighted by molar-refractivity contribution is 5.77. The van der Waals surface area contributed by atoms with E-state index in [0.717, 1.165) is 12.8 Å². The average Bonchev–Trinajstić information content (AvgIpc) is 3.07. The SMILES string of the molecule is CC(=O)O[C@H]1C[C@@H]1C(=O)O[C@H]1C[C@@H](C)CC[C@@H]1C(C)C. The molecule has 2 aliphatic carbocycles. The Hall–Kier alpha value is -1.06. The van der Waals surface area contributed by atoms with Crippen molar-refractivity contribution in [2.75, 3.05) is 0 Å². The number of carbonyl (C=O) groups excluding carboxylic acids is 2. The Bertz CT molecular complexity index is 377. The molecule has 5 atom stereocenters. The van der Waals surface area contributed by atoms with E-state index in [4.69, 9.17) is 9.47 Å². The van der Waals surface area contributed by atoms with Gasteiger partial charge in [0.05, 0.1) is 5.92 Å². The van der Waals surface area contributed by atoms with Crippen molar-refractivity contribution >= 4 is 11.9 Å². The highest BCUT2D eigenvalue weighted by atomic mass is 16.6. The highest BCUT2D eigenvalue weighted by Gasteiger charge is 2.48. The second-order valence-corrected chi connectivity index (χ2v) is 6.79. The molecule has 0 aromatic heterocycles. The molecule has 4 heteroatoms. The summed E-state index contributed by atoms with van der Waals surface area (Å²) in [6, 6.07) is 0. The average molecular weight is 282 g/mol. The molecule has 20 heavy (non-hydrogen) atoms. The molecule has 2 saturated carbocycles. The van der Waals surface area contributed by atoms with Crippen molar-refractivity contribution in [2.24, 2.45) is 23.7 Å². The highest BCUT2D eigenvalue weighted by Crippen LogP contribution is 2.39. The van der Waals surface area contributed by atoms with Crippen LogP contribution in [0.4, 0.5) is 0 Å². The minimum atomic E-state index is -0.323. The van der Waals surface area contributed by atoms with Crippen LogP contribution in [-0.4, -0.2) is 24.1 Å². The molecule has 4 nitrogen and oxygen atoms in total. The van der Waals surface area contributed by atoms with E-state index in [9.17, 15) is 9.59 Å². The Labute approximate surface area is 121 Å². The fourth-order valence-electron chi connectivity index (χ4n) is 3.25. The molecule has 0 saturated heterocycles. The van der Waals surface area contributed by atoms with Crippen LogP contribution in [0.15, 0.2) is 0 Å². The topological polar surface area (TPSA) is 52.6 Å². The molecule has 2 aliphatic rings. The summed E-state index contributed by atoms with van der Waals surface area (Å²) in [5.74, 6) is 0.873. The monoisotopic (exact) mass is 282 g/mol. The third-order valence-electron chi connectivity index (χ3n) is 4.58. The maximum Gasteiger partial charge on any atom is 0.313 e. The fraction of sp³-hybridized carbons (Fsp3) is 0.875. The second-order valence-electron chi connectivity index (χ2n) is 6.79. The van der Waals surface area contributed by atoms with E-state index in [1.807, 2.05) is 0 Å². The number of ether oxygens (including phenoxy) is 2. The molecule has 114 valence electrons. The van der Waals surface area contributed by atoms with Gasteiger partial charge in [-0.15, -0.1) is 0 Å². The lowest BCUT2D eigenvalue weighted by molar-refractivity contribution is -0.159. The van der Waals surface area contributed by atoms with Crippen molar-refractivity contribution < 1.29 is 19.1 Å². The van der Waals surface area contributed by atoms with Gasteiger partial charge in [-0.05, 0) is 30.6 Å². The van der Waals surface area contributed by atoms with Gasteiger partial charge in [0.15, 0.2) is 0 Å². The molecule has 0 aromatic rings. The summed E-state index contributed by atoms with van der Waals surface area (Å²) in [6.07, 6.45) is 3.71. The van der Waals surface area contributed by atoms with Crippen LogP contribution in [0.1, 0.15) is 53.4 Å². The number of carbonyl (C=O) groups is 2. The van der Waals surface area contributed by atoms with Gasteiger partial charge >= 0.3 is 11.9 Å². The quantitative estimate of drug-likeness (QED) is 0.744.